The lowest BCUT2D eigenvalue weighted by atomic mass is 10.2. The number of anilines is 2. The molecule has 0 aliphatic carbocycles. The molecule has 0 saturated carbocycles. The van der Waals surface area contributed by atoms with Crippen LogP contribution in [0.1, 0.15) is 72.0 Å². The largest absolute Gasteiger partial charge is 0.477 e. The second-order valence-corrected chi connectivity index (χ2v) is 11.3. The van der Waals surface area contributed by atoms with Gasteiger partial charge in [-0.15, -0.1) is 22.7 Å². The summed E-state index contributed by atoms with van der Waals surface area (Å²) in [5, 5.41) is 15.0. The molecule has 34 heavy (non-hydrogen) atoms. The summed E-state index contributed by atoms with van der Waals surface area (Å²) in [5.41, 5.74) is 5.42. The molecule has 0 saturated heterocycles. The molecule has 0 aliphatic heterocycles. The van der Waals surface area contributed by atoms with E-state index in [1.54, 1.807) is 67.5 Å². The van der Waals surface area contributed by atoms with Gasteiger partial charge in [0.2, 0.25) is 0 Å². The highest BCUT2D eigenvalue weighted by atomic mass is 32.1. The summed E-state index contributed by atoms with van der Waals surface area (Å²) in [4.78, 5) is 45.4. The van der Waals surface area contributed by atoms with E-state index >= 15 is 0 Å². The van der Waals surface area contributed by atoms with E-state index in [4.69, 9.17) is 20.3 Å². The van der Waals surface area contributed by atoms with Crippen LogP contribution in [0.5, 0.6) is 0 Å². The van der Waals surface area contributed by atoms with Crippen molar-refractivity contribution in [3.8, 4) is 0 Å². The highest BCUT2D eigenvalue weighted by Gasteiger charge is 2.19. The van der Waals surface area contributed by atoms with Crippen LogP contribution in [-0.4, -0.2) is 40.4 Å². The summed E-state index contributed by atoms with van der Waals surface area (Å²) in [6, 6.07) is 3.30. The summed E-state index contributed by atoms with van der Waals surface area (Å²) in [6.07, 6.45) is -1.13. The molecule has 0 atom stereocenters. The van der Waals surface area contributed by atoms with Crippen molar-refractivity contribution in [2.75, 3.05) is 10.6 Å². The van der Waals surface area contributed by atoms with Crippen molar-refractivity contribution in [2.24, 2.45) is 5.73 Å². The summed E-state index contributed by atoms with van der Waals surface area (Å²) in [6.45, 7) is 14.1. The molecule has 3 amide bonds. The Hall–Kier alpha value is -3.12. The molecular weight excluding hydrogens is 482 g/mol. The lowest BCUT2D eigenvalue weighted by molar-refractivity contribution is 0.0625. The van der Waals surface area contributed by atoms with E-state index in [9.17, 15) is 19.2 Å². The third-order valence-corrected chi connectivity index (χ3v) is 5.81. The molecule has 2 aromatic rings. The topological polar surface area (TPSA) is 157 Å². The van der Waals surface area contributed by atoms with Crippen molar-refractivity contribution in [3.63, 3.8) is 0 Å². The molecule has 188 valence electrons. The molecule has 5 N–H and O–H groups in total. The normalized spacial score (nSPS) is 11.1. The first-order valence-corrected chi connectivity index (χ1v) is 11.7. The van der Waals surface area contributed by atoms with Crippen LogP contribution in [0, 0.1) is 13.8 Å². The zero-order valence-electron chi connectivity index (χ0n) is 20.4. The number of aryl methyl sites for hydroxylation is 2. The Morgan fingerprint density at radius 1 is 0.794 bits per heavy atom. The monoisotopic (exact) mass is 513 g/mol. The predicted molar refractivity (Wildman–Crippen MR) is 133 cm³/mol. The molecule has 12 heteroatoms. The van der Waals surface area contributed by atoms with Gasteiger partial charge in [-0.25, -0.2) is 14.4 Å². The van der Waals surface area contributed by atoms with Gasteiger partial charge in [0.15, 0.2) is 0 Å². The maximum Gasteiger partial charge on any atom is 0.412 e. The molecule has 0 bridgehead atoms. The highest BCUT2D eigenvalue weighted by Crippen LogP contribution is 2.27. The maximum absolute atomic E-state index is 11.5. The van der Waals surface area contributed by atoms with Gasteiger partial charge in [0.1, 0.15) is 16.1 Å². The molecule has 0 spiro atoms. The van der Waals surface area contributed by atoms with Crippen LogP contribution >= 0.6 is 22.7 Å². The van der Waals surface area contributed by atoms with Gasteiger partial charge in [0.05, 0.1) is 14.9 Å². The summed E-state index contributed by atoms with van der Waals surface area (Å²) in [7, 11) is 0. The molecule has 0 aromatic carbocycles. The number of hydrogen-bond donors (Lipinski definition) is 4. The molecule has 2 aromatic heterocycles. The van der Waals surface area contributed by atoms with E-state index in [2.05, 4.69) is 10.6 Å². The van der Waals surface area contributed by atoms with Crippen molar-refractivity contribution in [1.29, 1.82) is 0 Å². The minimum absolute atomic E-state index is 0.219. The van der Waals surface area contributed by atoms with Gasteiger partial charge in [0, 0.05) is 0 Å². The van der Waals surface area contributed by atoms with Gasteiger partial charge < -0.3 is 20.3 Å². The van der Waals surface area contributed by atoms with Gasteiger partial charge in [-0.3, -0.25) is 15.4 Å². The number of aromatic carboxylic acids is 1. The van der Waals surface area contributed by atoms with Crippen LogP contribution < -0.4 is 16.4 Å². The van der Waals surface area contributed by atoms with Crippen molar-refractivity contribution in [2.45, 2.75) is 66.6 Å². The van der Waals surface area contributed by atoms with Gasteiger partial charge in [-0.2, -0.15) is 0 Å². The molecule has 0 aliphatic rings. The number of carbonyl (C=O) groups is 4. The van der Waals surface area contributed by atoms with Crippen molar-refractivity contribution in [3.05, 3.63) is 33.0 Å². The first-order chi connectivity index (χ1) is 15.4. The number of hydrogen-bond acceptors (Lipinski definition) is 8. The third-order valence-electron chi connectivity index (χ3n) is 3.50. The van der Waals surface area contributed by atoms with Gasteiger partial charge in [-0.05, 0) is 78.6 Å². The van der Waals surface area contributed by atoms with Crippen LogP contribution in [-0.2, 0) is 9.47 Å². The van der Waals surface area contributed by atoms with E-state index in [0.717, 1.165) is 28.2 Å². The lowest BCUT2D eigenvalue weighted by Crippen LogP contribution is -2.26. The van der Waals surface area contributed by atoms with E-state index in [1.165, 1.54) is 0 Å². The zero-order valence-corrected chi connectivity index (χ0v) is 22.1. The molecule has 0 fully saturated rings. The van der Waals surface area contributed by atoms with E-state index in [1.807, 2.05) is 0 Å². The predicted octanol–water partition coefficient (Wildman–Crippen LogP) is 5.60. The number of ether oxygens (including phenoxy) is 2. The number of thiophene rings is 2. The number of nitrogens with one attached hydrogen (secondary N) is 2. The number of primary amides is 1. The van der Waals surface area contributed by atoms with Gasteiger partial charge in [-0.1, -0.05) is 0 Å². The van der Waals surface area contributed by atoms with Gasteiger partial charge in [0.25, 0.3) is 5.91 Å². The van der Waals surface area contributed by atoms with E-state index in [-0.39, 0.29) is 4.88 Å². The number of carboxylic acids is 1. The Balaban J connectivity index is 0.000000340. The average Bonchev–Trinajstić information content (AvgIpc) is 3.14. The first kappa shape index (κ1) is 28.9. The standard InChI is InChI=1S/C11H16N2O3S.C11H15NO4S/c1-6-5-7(17-8(6)9(12)14)13-10(15)16-11(2,3)4;1-6-5-7(17-8(6)9(13)14)12-10(15)16-11(2,3)4/h5H,1-4H3,(H2,12,14)(H,13,15);5H,1-4H3,(H,12,15)(H,13,14). The van der Waals surface area contributed by atoms with Crippen LogP contribution in [0.25, 0.3) is 0 Å². The first-order valence-electron chi connectivity index (χ1n) is 10.1. The maximum atomic E-state index is 11.5. The van der Waals surface area contributed by atoms with Crippen molar-refractivity contribution in [1.82, 2.24) is 0 Å². The smallest absolute Gasteiger partial charge is 0.412 e. The minimum Gasteiger partial charge on any atom is -0.477 e. The molecule has 10 nitrogen and oxygen atoms in total. The average molecular weight is 514 g/mol. The van der Waals surface area contributed by atoms with Crippen LogP contribution in [0.4, 0.5) is 19.6 Å². The number of rotatable bonds is 4. The SMILES string of the molecule is Cc1cc(NC(=O)OC(C)(C)C)sc1C(=O)O.Cc1cc(NC(=O)OC(C)(C)C)sc1C(N)=O. The van der Waals surface area contributed by atoms with Crippen LogP contribution in [0.15, 0.2) is 12.1 Å². The minimum atomic E-state index is -0.996. The molecular formula is C22H31N3O7S2. The summed E-state index contributed by atoms with van der Waals surface area (Å²) < 4.78 is 10.2. The molecule has 2 rings (SSSR count). The second kappa shape index (κ2) is 11.3. The fourth-order valence-electron chi connectivity index (χ4n) is 2.35. The van der Waals surface area contributed by atoms with E-state index < -0.39 is 35.3 Å². The number of amides is 3. The molecule has 2 heterocycles. The number of carbonyl (C=O) groups excluding carboxylic acids is 3. The Kier molecular flexibility index (Phi) is 9.64. The van der Waals surface area contributed by atoms with E-state index in [0.29, 0.717) is 20.4 Å². The summed E-state index contributed by atoms with van der Waals surface area (Å²) >= 11 is 2.15. The molecule has 0 unspecified atom stereocenters. The Morgan fingerprint density at radius 3 is 1.41 bits per heavy atom. The lowest BCUT2D eigenvalue weighted by Gasteiger charge is -2.19. The Bertz CT molecular complexity index is 975. The Morgan fingerprint density at radius 2 is 1.15 bits per heavy atom. The van der Waals surface area contributed by atoms with Crippen LogP contribution in [0.2, 0.25) is 0 Å². The van der Waals surface area contributed by atoms with Crippen molar-refractivity contribution < 1.29 is 33.8 Å². The molecule has 0 radical (unpaired) electrons. The summed E-state index contributed by atoms with van der Waals surface area (Å²) in [5.74, 6) is -1.49. The van der Waals surface area contributed by atoms with Crippen LogP contribution in [0.3, 0.4) is 0 Å². The fraction of sp³-hybridized carbons (Fsp3) is 0.455. The van der Waals surface area contributed by atoms with Crippen molar-refractivity contribution >= 4 is 56.7 Å². The fourth-order valence-corrected chi connectivity index (χ4v) is 4.16. The Labute approximate surface area is 206 Å². The quantitative estimate of drug-likeness (QED) is 0.414. The third kappa shape index (κ3) is 10.2. The highest BCUT2D eigenvalue weighted by molar-refractivity contribution is 7.18. The van der Waals surface area contributed by atoms with Gasteiger partial charge >= 0.3 is 18.2 Å². The number of carboxylic acid groups (broad SMARTS) is 1. The zero-order chi connectivity index (χ0) is 26.4. The second-order valence-electron chi connectivity index (χ2n) is 9.17. The number of nitrogens with two attached hydrogens (primary N) is 1.